The molecule has 0 radical (unpaired) electrons. The molecule has 0 saturated carbocycles. The quantitative estimate of drug-likeness (QED) is 0.626. The molecule has 0 amide bonds. The van der Waals surface area contributed by atoms with Crippen molar-refractivity contribution in [1.29, 1.82) is 0 Å². The number of nitrogens with two attached hydrogens (primary N) is 1. The summed E-state index contributed by atoms with van der Waals surface area (Å²) >= 11 is 0. The summed E-state index contributed by atoms with van der Waals surface area (Å²) in [4.78, 5) is 0. The van der Waals surface area contributed by atoms with Crippen LogP contribution in [0.4, 0.5) is 13.2 Å². The molecule has 1 unspecified atom stereocenters. The van der Waals surface area contributed by atoms with Crippen LogP contribution in [0.3, 0.4) is 0 Å². The Morgan fingerprint density at radius 1 is 1.46 bits per heavy atom. The molecule has 1 nitrogen and oxygen atoms in total. The van der Waals surface area contributed by atoms with Gasteiger partial charge in [0.1, 0.15) is 5.41 Å². The fraction of sp³-hybridized carbons (Fsp3) is 0.556. The summed E-state index contributed by atoms with van der Waals surface area (Å²) < 4.78 is 37.7. The summed E-state index contributed by atoms with van der Waals surface area (Å²) in [6.45, 7) is 2.87. The molecule has 0 bridgehead atoms. The van der Waals surface area contributed by atoms with Crippen molar-refractivity contribution in [3.8, 4) is 0 Å². The van der Waals surface area contributed by atoms with Gasteiger partial charge in [-0.05, 0) is 26.3 Å². The van der Waals surface area contributed by atoms with Gasteiger partial charge in [0, 0.05) is 5.70 Å². The van der Waals surface area contributed by atoms with Gasteiger partial charge in [0.2, 0.25) is 0 Å². The van der Waals surface area contributed by atoms with Gasteiger partial charge in [-0.15, -0.1) is 0 Å². The van der Waals surface area contributed by atoms with Gasteiger partial charge >= 0.3 is 6.18 Å². The maximum atomic E-state index is 12.6. The third-order valence-corrected chi connectivity index (χ3v) is 2.48. The van der Waals surface area contributed by atoms with Crippen molar-refractivity contribution < 1.29 is 13.2 Å². The second kappa shape index (κ2) is 2.79. The third-order valence-electron chi connectivity index (χ3n) is 2.48. The average Bonchev–Trinajstić information content (AvgIpc) is 1.95. The molecule has 1 aliphatic carbocycles. The normalized spacial score (nSPS) is 29.6. The zero-order valence-corrected chi connectivity index (χ0v) is 7.57. The van der Waals surface area contributed by atoms with E-state index in [1.165, 1.54) is 6.08 Å². The Bertz CT molecular complexity index is 275. The lowest BCUT2D eigenvalue weighted by molar-refractivity contribution is -0.203. The van der Waals surface area contributed by atoms with Gasteiger partial charge in [-0.25, -0.2) is 0 Å². The SMILES string of the molecule is CC1=CCC(C)(C(F)(F)F)C(N)=C1. The number of halogens is 3. The second-order valence-electron chi connectivity index (χ2n) is 3.58. The van der Waals surface area contributed by atoms with Crippen LogP contribution in [0.5, 0.6) is 0 Å². The van der Waals surface area contributed by atoms with E-state index in [9.17, 15) is 13.2 Å². The highest BCUT2D eigenvalue weighted by atomic mass is 19.4. The van der Waals surface area contributed by atoms with Crippen LogP contribution < -0.4 is 5.73 Å². The second-order valence-corrected chi connectivity index (χ2v) is 3.58. The predicted octanol–water partition coefficient (Wildman–Crippen LogP) is 2.75. The van der Waals surface area contributed by atoms with Crippen LogP contribution in [0, 0.1) is 5.41 Å². The Hall–Kier alpha value is -0.930. The molecular formula is C9H12F3N. The van der Waals surface area contributed by atoms with E-state index in [1.807, 2.05) is 0 Å². The Kier molecular flexibility index (Phi) is 2.18. The van der Waals surface area contributed by atoms with Crippen LogP contribution >= 0.6 is 0 Å². The molecule has 0 aromatic heterocycles. The molecule has 0 saturated heterocycles. The molecule has 1 rings (SSSR count). The molecular weight excluding hydrogens is 179 g/mol. The van der Waals surface area contributed by atoms with Crippen LogP contribution in [-0.4, -0.2) is 6.18 Å². The Morgan fingerprint density at radius 3 is 2.38 bits per heavy atom. The number of hydrogen-bond donors (Lipinski definition) is 1. The lowest BCUT2D eigenvalue weighted by Crippen LogP contribution is -2.40. The van der Waals surface area contributed by atoms with Crippen molar-refractivity contribution in [3.05, 3.63) is 23.4 Å². The number of allylic oxidation sites excluding steroid dienone is 4. The largest absolute Gasteiger partial charge is 0.401 e. The van der Waals surface area contributed by atoms with E-state index < -0.39 is 11.6 Å². The Labute approximate surface area is 75.1 Å². The highest BCUT2D eigenvalue weighted by Gasteiger charge is 2.52. The third kappa shape index (κ3) is 1.57. The van der Waals surface area contributed by atoms with E-state index in [0.29, 0.717) is 0 Å². The maximum Gasteiger partial charge on any atom is 0.399 e. The van der Waals surface area contributed by atoms with E-state index in [0.717, 1.165) is 12.5 Å². The molecule has 0 heterocycles. The van der Waals surface area contributed by atoms with Gasteiger partial charge in [-0.3, -0.25) is 0 Å². The first-order chi connectivity index (χ1) is 5.77. The molecule has 2 N–H and O–H groups in total. The minimum atomic E-state index is -4.27. The first-order valence-electron chi connectivity index (χ1n) is 3.98. The summed E-state index contributed by atoms with van der Waals surface area (Å²) in [5.41, 5.74) is 4.20. The van der Waals surface area contributed by atoms with Crippen LogP contribution in [0.2, 0.25) is 0 Å². The van der Waals surface area contributed by atoms with Crippen molar-refractivity contribution in [2.75, 3.05) is 0 Å². The van der Waals surface area contributed by atoms with Gasteiger partial charge in [-0.2, -0.15) is 13.2 Å². The summed E-state index contributed by atoms with van der Waals surface area (Å²) in [5, 5.41) is 0. The molecule has 0 fully saturated rings. The lowest BCUT2D eigenvalue weighted by Gasteiger charge is -2.33. The van der Waals surface area contributed by atoms with Crippen LogP contribution in [0.15, 0.2) is 23.4 Å². The molecule has 0 aromatic carbocycles. The van der Waals surface area contributed by atoms with E-state index in [4.69, 9.17) is 5.73 Å². The van der Waals surface area contributed by atoms with Crippen LogP contribution in [-0.2, 0) is 0 Å². The molecule has 13 heavy (non-hydrogen) atoms. The zero-order chi connectivity index (χ0) is 10.3. The van der Waals surface area contributed by atoms with E-state index >= 15 is 0 Å². The highest BCUT2D eigenvalue weighted by molar-refractivity contribution is 5.31. The molecule has 1 aliphatic rings. The van der Waals surface area contributed by atoms with E-state index in [-0.39, 0.29) is 12.1 Å². The summed E-state index contributed by atoms with van der Waals surface area (Å²) in [6, 6.07) is 0. The molecule has 74 valence electrons. The van der Waals surface area contributed by atoms with Gasteiger partial charge in [0.05, 0.1) is 0 Å². The highest BCUT2D eigenvalue weighted by Crippen LogP contribution is 2.47. The van der Waals surface area contributed by atoms with Gasteiger partial charge < -0.3 is 5.73 Å². The van der Waals surface area contributed by atoms with Gasteiger partial charge in [0.25, 0.3) is 0 Å². The summed E-state index contributed by atoms with van der Waals surface area (Å²) in [6.07, 6.45) is -1.39. The predicted molar refractivity (Wildman–Crippen MR) is 44.8 cm³/mol. The molecule has 4 heteroatoms. The standard InChI is InChI=1S/C9H12F3N/c1-6-3-4-8(2,7(13)5-6)9(10,11)12/h3,5H,4,13H2,1-2H3. The van der Waals surface area contributed by atoms with E-state index in [1.54, 1.807) is 13.0 Å². The average molecular weight is 191 g/mol. The topological polar surface area (TPSA) is 26.0 Å². The van der Waals surface area contributed by atoms with Crippen LogP contribution in [0.1, 0.15) is 20.3 Å². The van der Waals surface area contributed by atoms with Crippen molar-refractivity contribution in [2.24, 2.45) is 11.1 Å². The summed E-state index contributed by atoms with van der Waals surface area (Å²) in [7, 11) is 0. The first kappa shape index (κ1) is 10.2. The van der Waals surface area contributed by atoms with Crippen molar-refractivity contribution >= 4 is 0 Å². The number of alkyl halides is 3. The monoisotopic (exact) mass is 191 g/mol. The molecule has 0 aliphatic heterocycles. The minimum Gasteiger partial charge on any atom is -0.401 e. The first-order valence-corrected chi connectivity index (χ1v) is 3.98. The maximum absolute atomic E-state index is 12.6. The van der Waals surface area contributed by atoms with Crippen molar-refractivity contribution in [3.63, 3.8) is 0 Å². The Balaban J connectivity index is 3.05. The van der Waals surface area contributed by atoms with E-state index in [2.05, 4.69) is 0 Å². The lowest BCUT2D eigenvalue weighted by atomic mass is 9.78. The number of rotatable bonds is 0. The molecule has 0 aromatic rings. The smallest absolute Gasteiger partial charge is 0.399 e. The fourth-order valence-electron chi connectivity index (χ4n) is 1.23. The van der Waals surface area contributed by atoms with Crippen molar-refractivity contribution in [1.82, 2.24) is 0 Å². The Morgan fingerprint density at radius 2 is 2.00 bits per heavy atom. The minimum absolute atomic E-state index is 0.0648. The number of hydrogen-bond acceptors (Lipinski definition) is 1. The van der Waals surface area contributed by atoms with Gasteiger partial charge in [0.15, 0.2) is 0 Å². The molecule has 0 spiro atoms. The summed E-state index contributed by atoms with van der Waals surface area (Å²) in [5.74, 6) is 0. The van der Waals surface area contributed by atoms with Gasteiger partial charge in [-0.1, -0.05) is 11.6 Å². The van der Waals surface area contributed by atoms with Crippen molar-refractivity contribution in [2.45, 2.75) is 26.4 Å². The molecule has 1 atom stereocenters. The fourth-order valence-corrected chi connectivity index (χ4v) is 1.23. The van der Waals surface area contributed by atoms with Crippen LogP contribution in [0.25, 0.3) is 0 Å². The zero-order valence-electron chi connectivity index (χ0n) is 7.57.